The second-order valence-electron chi connectivity index (χ2n) is 7.98. The molecule has 2 aromatic carbocycles. The average molecular weight is 400 g/mol. The highest BCUT2D eigenvalue weighted by atomic mass is 19.1. The zero-order valence-electron chi connectivity index (χ0n) is 16.4. The molecule has 2 aromatic rings. The monoisotopic (exact) mass is 400 g/mol. The van der Waals surface area contributed by atoms with Crippen LogP contribution in [-0.4, -0.2) is 30.1 Å². The maximum absolute atomic E-state index is 13.8. The van der Waals surface area contributed by atoms with Crippen molar-refractivity contribution in [1.82, 2.24) is 15.8 Å². The lowest BCUT2D eigenvalue weighted by Crippen LogP contribution is -2.45. The van der Waals surface area contributed by atoms with E-state index in [1.54, 1.807) is 4.90 Å². The molecule has 2 aliphatic rings. The first-order valence-electron chi connectivity index (χ1n) is 10.1. The van der Waals surface area contributed by atoms with Crippen molar-refractivity contribution in [3.05, 3.63) is 65.2 Å². The van der Waals surface area contributed by atoms with E-state index in [4.69, 9.17) is 0 Å². The molecule has 0 saturated carbocycles. The van der Waals surface area contributed by atoms with Crippen LogP contribution in [0, 0.1) is 24.5 Å². The maximum atomic E-state index is 13.8. The lowest BCUT2D eigenvalue weighted by atomic mass is 9.86. The minimum Gasteiger partial charge on any atom is -0.325 e. The van der Waals surface area contributed by atoms with Gasteiger partial charge in [-0.1, -0.05) is 29.8 Å². The van der Waals surface area contributed by atoms with Crippen LogP contribution in [0.4, 0.5) is 19.3 Å². The van der Waals surface area contributed by atoms with Crippen LogP contribution in [0.5, 0.6) is 0 Å². The number of hydrazine groups is 1. The average Bonchev–Trinajstić information content (AvgIpc) is 3.20. The number of carbonyl (C=O) groups excluding carboxylic acids is 1. The molecule has 5 nitrogen and oxygen atoms in total. The van der Waals surface area contributed by atoms with Gasteiger partial charge in [0.1, 0.15) is 11.6 Å². The summed E-state index contributed by atoms with van der Waals surface area (Å²) in [5, 5.41) is 2.54. The SMILES string of the molecule is Cc1cccc(C2CC(C3CCN(C(=O)Nc4ccc(F)cc4F)CC3)NN2)c1. The minimum atomic E-state index is -0.767. The molecule has 0 spiro atoms. The Bertz CT molecular complexity index is 883. The van der Waals surface area contributed by atoms with E-state index in [2.05, 4.69) is 47.4 Å². The Morgan fingerprint density at radius 2 is 1.90 bits per heavy atom. The number of nitrogens with zero attached hydrogens (tertiary/aromatic N) is 1. The van der Waals surface area contributed by atoms with Crippen molar-refractivity contribution in [1.29, 1.82) is 0 Å². The van der Waals surface area contributed by atoms with Gasteiger partial charge in [0.05, 0.1) is 5.69 Å². The third-order valence-corrected chi connectivity index (χ3v) is 5.95. The molecule has 2 aliphatic heterocycles. The molecular weight excluding hydrogens is 374 g/mol. The third kappa shape index (κ3) is 4.57. The molecule has 2 heterocycles. The van der Waals surface area contributed by atoms with Crippen molar-refractivity contribution in [3.63, 3.8) is 0 Å². The van der Waals surface area contributed by atoms with Crippen LogP contribution in [0.25, 0.3) is 0 Å². The number of halogens is 2. The first kappa shape index (κ1) is 19.8. The number of likely N-dealkylation sites (tertiary alicyclic amines) is 1. The first-order valence-corrected chi connectivity index (χ1v) is 10.1. The molecule has 2 saturated heterocycles. The molecular formula is C22H26F2N4O. The highest BCUT2D eigenvalue weighted by Crippen LogP contribution is 2.31. The molecule has 29 heavy (non-hydrogen) atoms. The highest BCUT2D eigenvalue weighted by molar-refractivity contribution is 5.89. The van der Waals surface area contributed by atoms with E-state index in [1.165, 1.54) is 17.2 Å². The van der Waals surface area contributed by atoms with Crippen molar-refractivity contribution >= 4 is 11.7 Å². The molecule has 0 radical (unpaired) electrons. The predicted octanol–water partition coefficient (Wildman–Crippen LogP) is 4.12. The standard InChI is InChI=1S/C22H26F2N4O/c1-14-3-2-4-16(11-14)21-13-20(26-27-21)15-7-9-28(10-8-15)22(29)25-19-6-5-17(23)12-18(19)24/h2-6,11-12,15,20-21,26-27H,7-10,13H2,1H3,(H,25,29). The van der Waals surface area contributed by atoms with Crippen LogP contribution in [-0.2, 0) is 0 Å². The number of amides is 2. The summed E-state index contributed by atoms with van der Waals surface area (Å²) in [6.07, 6.45) is 2.79. The second-order valence-corrected chi connectivity index (χ2v) is 7.98. The van der Waals surface area contributed by atoms with Gasteiger partial charge in [-0.05, 0) is 49.8 Å². The van der Waals surface area contributed by atoms with Crippen LogP contribution in [0.3, 0.4) is 0 Å². The Hall–Kier alpha value is -2.51. The lowest BCUT2D eigenvalue weighted by molar-refractivity contribution is 0.169. The van der Waals surface area contributed by atoms with E-state index in [9.17, 15) is 13.6 Å². The molecule has 7 heteroatoms. The fourth-order valence-electron chi connectivity index (χ4n) is 4.29. The van der Waals surface area contributed by atoms with Gasteiger partial charge < -0.3 is 10.2 Å². The third-order valence-electron chi connectivity index (χ3n) is 5.95. The number of aryl methyl sites for hydroxylation is 1. The Kier molecular flexibility index (Phi) is 5.78. The summed E-state index contributed by atoms with van der Waals surface area (Å²) in [6, 6.07) is 12.0. The highest BCUT2D eigenvalue weighted by Gasteiger charge is 2.34. The number of carbonyl (C=O) groups is 1. The number of hydrogen-bond acceptors (Lipinski definition) is 3. The van der Waals surface area contributed by atoms with Gasteiger partial charge in [-0.15, -0.1) is 0 Å². The van der Waals surface area contributed by atoms with Gasteiger partial charge in [0.25, 0.3) is 0 Å². The largest absolute Gasteiger partial charge is 0.325 e. The molecule has 2 atom stereocenters. The molecule has 4 rings (SSSR count). The summed E-state index contributed by atoms with van der Waals surface area (Å²) in [5.41, 5.74) is 9.39. The zero-order chi connectivity index (χ0) is 20.4. The van der Waals surface area contributed by atoms with Crippen LogP contribution in [0.1, 0.15) is 36.4 Å². The Labute approximate surface area is 169 Å². The fourth-order valence-corrected chi connectivity index (χ4v) is 4.29. The molecule has 0 aromatic heterocycles. The molecule has 0 bridgehead atoms. The summed E-state index contributed by atoms with van der Waals surface area (Å²) in [5.74, 6) is -0.955. The fraction of sp³-hybridized carbons (Fsp3) is 0.409. The normalized spacial score (nSPS) is 22.7. The number of hydrogen-bond donors (Lipinski definition) is 3. The van der Waals surface area contributed by atoms with Gasteiger partial charge in [-0.2, -0.15) is 0 Å². The van der Waals surface area contributed by atoms with E-state index in [-0.39, 0.29) is 11.7 Å². The Balaban J connectivity index is 1.29. The molecule has 0 aliphatic carbocycles. The van der Waals surface area contributed by atoms with Gasteiger partial charge in [0.2, 0.25) is 0 Å². The number of rotatable bonds is 3. The predicted molar refractivity (Wildman–Crippen MR) is 108 cm³/mol. The molecule has 2 fully saturated rings. The summed E-state index contributed by atoms with van der Waals surface area (Å²) in [4.78, 5) is 14.1. The smallest absolute Gasteiger partial charge is 0.321 e. The topological polar surface area (TPSA) is 56.4 Å². The van der Waals surface area contributed by atoms with Crippen LogP contribution in [0.2, 0.25) is 0 Å². The second kappa shape index (κ2) is 8.47. The maximum Gasteiger partial charge on any atom is 0.321 e. The van der Waals surface area contributed by atoms with Gasteiger partial charge in [-0.25, -0.2) is 13.6 Å². The van der Waals surface area contributed by atoms with E-state index < -0.39 is 11.6 Å². The number of anilines is 1. The van der Waals surface area contributed by atoms with Crippen LogP contribution >= 0.6 is 0 Å². The molecule has 154 valence electrons. The van der Waals surface area contributed by atoms with Crippen molar-refractivity contribution in [3.8, 4) is 0 Å². The van der Waals surface area contributed by atoms with Crippen molar-refractivity contribution in [2.45, 2.75) is 38.3 Å². The summed E-state index contributed by atoms with van der Waals surface area (Å²) in [7, 11) is 0. The van der Waals surface area contributed by atoms with E-state index in [1.807, 2.05) is 0 Å². The summed E-state index contributed by atoms with van der Waals surface area (Å²) in [6.45, 7) is 3.33. The van der Waals surface area contributed by atoms with E-state index in [0.717, 1.165) is 31.4 Å². The quantitative estimate of drug-likeness (QED) is 0.726. The van der Waals surface area contributed by atoms with Crippen LogP contribution < -0.4 is 16.2 Å². The molecule has 3 N–H and O–H groups in total. The number of piperidine rings is 1. The van der Waals surface area contributed by atoms with Crippen molar-refractivity contribution < 1.29 is 13.6 Å². The first-order chi connectivity index (χ1) is 14.0. The molecule has 2 amide bonds. The summed E-state index contributed by atoms with van der Waals surface area (Å²) >= 11 is 0. The van der Waals surface area contributed by atoms with Gasteiger partial charge in [-0.3, -0.25) is 10.9 Å². The number of nitrogens with one attached hydrogen (secondary N) is 3. The van der Waals surface area contributed by atoms with Gasteiger partial charge >= 0.3 is 6.03 Å². The summed E-state index contributed by atoms with van der Waals surface area (Å²) < 4.78 is 26.8. The van der Waals surface area contributed by atoms with Crippen molar-refractivity contribution in [2.75, 3.05) is 18.4 Å². The van der Waals surface area contributed by atoms with Gasteiger partial charge in [0, 0.05) is 31.2 Å². The minimum absolute atomic E-state index is 0.00109. The zero-order valence-corrected chi connectivity index (χ0v) is 16.4. The number of benzene rings is 2. The van der Waals surface area contributed by atoms with Crippen molar-refractivity contribution in [2.24, 2.45) is 5.92 Å². The Morgan fingerprint density at radius 3 is 2.62 bits per heavy atom. The Morgan fingerprint density at radius 1 is 1.10 bits per heavy atom. The molecule has 2 unspecified atom stereocenters. The van der Waals surface area contributed by atoms with E-state index >= 15 is 0 Å². The number of urea groups is 1. The van der Waals surface area contributed by atoms with Gasteiger partial charge in [0.15, 0.2) is 0 Å². The van der Waals surface area contributed by atoms with E-state index in [0.29, 0.717) is 31.1 Å². The van der Waals surface area contributed by atoms with Crippen LogP contribution in [0.15, 0.2) is 42.5 Å². The lowest BCUT2D eigenvalue weighted by Gasteiger charge is -2.34.